The van der Waals surface area contributed by atoms with Gasteiger partial charge in [-0.3, -0.25) is 14.9 Å². The molecule has 0 atom stereocenters. The minimum atomic E-state index is -0.327. The zero-order valence-electron chi connectivity index (χ0n) is 14.5. The van der Waals surface area contributed by atoms with Gasteiger partial charge in [0.1, 0.15) is 5.69 Å². The summed E-state index contributed by atoms with van der Waals surface area (Å²) in [6.45, 7) is 7.22. The third-order valence-corrected chi connectivity index (χ3v) is 4.81. The molecule has 25 heavy (non-hydrogen) atoms. The molecule has 1 aromatic carbocycles. The van der Waals surface area contributed by atoms with Crippen LogP contribution in [0.5, 0.6) is 0 Å². The van der Waals surface area contributed by atoms with Crippen molar-refractivity contribution in [2.45, 2.75) is 13.3 Å². The van der Waals surface area contributed by atoms with E-state index < -0.39 is 0 Å². The van der Waals surface area contributed by atoms with Gasteiger partial charge in [0, 0.05) is 57.4 Å². The predicted molar refractivity (Wildman–Crippen MR) is 95.2 cm³/mol. The molecule has 0 spiro atoms. The van der Waals surface area contributed by atoms with Crippen LogP contribution >= 0.6 is 0 Å². The van der Waals surface area contributed by atoms with Crippen molar-refractivity contribution in [1.82, 2.24) is 4.90 Å². The highest BCUT2D eigenvalue weighted by Gasteiger charge is 2.25. The molecule has 2 aliphatic rings. The van der Waals surface area contributed by atoms with E-state index in [4.69, 9.17) is 4.74 Å². The number of benzene rings is 1. The fraction of sp³-hybridized carbons (Fsp3) is 0.588. The highest BCUT2D eigenvalue weighted by Crippen LogP contribution is 2.33. The summed E-state index contributed by atoms with van der Waals surface area (Å²) in [5.41, 5.74) is 1.75. The van der Waals surface area contributed by atoms with E-state index >= 15 is 0 Å². The SMILES string of the molecule is CCC(=O)N1CCN(c2ccc([N+](=O)[O-])c(N3CCOCC3)c2)CC1. The van der Waals surface area contributed by atoms with Gasteiger partial charge >= 0.3 is 0 Å². The largest absolute Gasteiger partial charge is 0.378 e. The fourth-order valence-corrected chi connectivity index (χ4v) is 3.36. The van der Waals surface area contributed by atoms with Gasteiger partial charge in [-0.2, -0.15) is 0 Å². The van der Waals surface area contributed by atoms with Crippen molar-refractivity contribution < 1.29 is 14.5 Å². The predicted octanol–water partition coefficient (Wildman–Crippen LogP) is 1.49. The highest BCUT2D eigenvalue weighted by atomic mass is 16.6. The van der Waals surface area contributed by atoms with Gasteiger partial charge in [-0.25, -0.2) is 0 Å². The van der Waals surface area contributed by atoms with Crippen molar-refractivity contribution in [3.8, 4) is 0 Å². The Balaban J connectivity index is 1.78. The Hall–Kier alpha value is -2.35. The van der Waals surface area contributed by atoms with Crippen LogP contribution in [0.3, 0.4) is 0 Å². The number of carbonyl (C=O) groups excluding carboxylic acids is 1. The standard InChI is InChI=1S/C17H24N4O4/c1-2-17(22)20-7-5-18(6-8-20)14-3-4-15(21(23)24)16(13-14)19-9-11-25-12-10-19/h3-4,13H,2,5-12H2,1H3. The number of carbonyl (C=O) groups is 1. The minimum Gasteiger partial charge on any atom is -0.378 e. The second kappa shape index (κ2) is 7.69. The van der Waals surface area contributed by atoms with E-state index in [-0.39, 0.29) is 16.5 Å². The fourth-order valence-electron chi connectivity index (χ4n) is 3.36. The van der Waals surface area contributed by atoms with Crippen molar-refractivity contribution in [3.63, 3.8) is 0 Å². The first-order chi connectivity index (χ1) is 12.1. The number of nitro benzene ring substituents is 1. The number of hydrogen-bond acceptors (Lipinski definition) is 6. The smallest absolute Gasteiger partial charge is 0.292 e. The first kappa shape index (κ1) is 17.5. The molecule has 2 heterocycles. The number of morpholine rings is 1. The lowest BCUT2D eigenvalue weighted by Gasteiger charge is -2.36. The second-order valence-corrected chi connectivity index (χ2v) is 6.25. The van der Waals surface area contributed by atoms with Crippen LogP contribution in [0, 0.1) is 10.1 Å². The van der Waals surface area contributed by atoms with Crippen LogP contribution in [0.25, 0.3) is 0 Å². The number of nitro groups is 1. The number of hydrogen-bond donors (Lipinski definition) is 0. The molecule has 1 aromatic rings. The van der Waals surface area contributed by atoms with Gasteiger partial charge in [0.05, 0.1) is 18.1 Å². The molecule has 0 radical (unpaired) electrons. The molecule has 3 rings (SSSR count). The van der Waals surface area contributed by atoms with Crippen LogP contribution in [-0.4, -0.2) is 68.2 Å². The molecule has 0 unspecified atom stereocenters. The maximum Gasteiger partial charge on any atom is 0.292 e. The summed E-state index contributed by atoms with van der Waals surface area (Å²) in [6.07, 6.45) is 0.526. The number of ether oxygens (including phenoxy) is 1. The van der Waals surface area contributed by atoms with Crippen LogP contribution in [0.4, 0.5) is 17.1 Å². The Morgan fingerprint density at radius 3 is 2.40 bits per heavy atom. The molecular formula is C17H24N4O4. The zero-order valence-corrected chi connectivity index (χ0v) is 14.5. The summed E-state index contributed by atoms with van der Waals surface area (Å²) >= 11 is 0. The average molecular weight is 348 g/mol. The van der Waals surface area contributed by atoms with Crippen molar-refractivity contribution in [2.75, 3.05) is 62.3 Å². The Labute approximate surface area is 147 Å². The summed E-state index contributed by atoms with van der Waals surface area (Å²) < 4.78 is 5.35. The second-order valence-electron chi connectivity index (χ2n) is 6.25. The maximum atomic E-state index is 11.8. The van der Waals surface area contributed by atoms with E-state index in [1.165, 1.54) is 0 Å². The van der Waals surface area contributed by atoms with Crippen LogP contribution in [0.1, 0.15) is 13.3 Å². The quantitative estimate of drug-likeness (QED) is 0.606. The summed E-state index contributed by atoms with van der Waals surface area (Å²) in [4.78, 5) is 29.0. The van der Waals surface area contributed by atoms with Gasteiger partial charge in [-0.05, 0) is 12.1 Å². The van der Waals surface area contributed by atoms with Crippen LogP contribution in [0.2, 0.25) is 0 Å². The lowest BCUT2D eigenvalue weighted by molar-refractivity contribution is -0.384. The topological polar surface area (TPSA) is 79.2 Å². The normalized spacial score (nSPS) is 18.4. The van der Waals surface area contributed by atoms with E-state index in [9.17, 15) is 14.9 Å². The van der Waals surface area contributed by atoms with Crippen molar-refractivity contribution in [2.24, 2.45) is 0 Å². The van der Waals surface area contributed by atoms with Gasteiger partial charge in [-0.15, -0.1) is 0 Å². The third-order valence-electron chi connectivity index (χ3n) is 4.81. The number of anilines is 2. The maximum absolute atomic E-state index is 11.8. The van der Waals surface area contributed by atoms with Crippen molar-refractivity contribution in [1.29, 1.82) is 0 Å². The van der Waals surface area contributed by atoms with E-state index in [2.05, 4.69) is 4.90 Å². The lowest BCUT2D eigenvalue weighted by Crippen LogP contribution is -2.48. The number of piperazine rings is 1. The van der Waals surface area contributed by atoms with Crippen LogP contribution in [-0.2, 0) is 9.53 Å². The molecule has 2 saturated heterocycles. The summed E-state index contributed by atoms with van der Waals surface area (Å²) in [5, 5.41) is 11.4. The Bertz CT molecular complexity index is 638. The van der Waals surface area contributed by atoms with E-state index in [0.29, 0.717) is 51.5 Å². The van der Waals surface area contributed by atoms with Gasteiger partial charge in [0.25, 0.3) is 5.69 Å². The summed E-state index contributed by atoms with van der Waals surface area (Å²) in [5.74, 6) is 0.178. The molecule has 0 N–H and O–H groups in total. The highest BCUT2D eigenvalue weighted by molar-refractivity contribution is 5.76. The lowest BCUT2D eigenvalue weighted by atomic mass is 10.1. The first-order valence-electron chi connectivity index (χ1n) is 8.74. The van der Waals surface area contributed by atoms with E-state index in [1.54, 1.807) is 12.1 Å². The Morgan fingerprint density at radius 1 is 1.12 bits per heavy atom. The zero-order chi connectivity index (χ0) is 17.8. The molecule has 0 aliphatic carbocycles. The molecule has 2 fully saturated rings. The van der Waals surface area contributed by atoms with Gasteiger partial charge in [0.15, 0.2) is 0 Å². The third kappa shape index (κ3) is 3.84. The molecule has 1 amide bonds. The van der Waals surface area contributed by atoms with E-state index in [0.717, 1.165) is 18.8 Å². The van der Waals surface area contributed by atoms with E-state index in [1.807, 2.05) is 22.8 Å². The Kier molecular flexibility index (Phi) is 5.37. The summed E-state index contributed by atoms with van der Waals surface area (Å²) in [6, 6.07) is 5.30. The molecular weight excluding hydrogens is 324 g/mol. The monoisotopic (exact) mass is 348 g/mol. The average Bonchev–Trinajstić information content (AvgIpc) is 2.67. The van der Waals surface area contributed by atoms with Crippen molar-refractivity contribution in [3.05, 3.63) is 28.3 Å². The number of amides is 1. The van der Waals surface area contributed by atoms with Crippen LogP contribution in [0.15, 0.2) is 18.2 Å². The molecule has 0 aromatic heterocycles. The number of nitrogens with zero attached hydrogens (tertiary/aromatic N) is 4. The molecule has 0 saturated carbocycles. The molecule has 8 heteroatoms. The van der Waals surface area contributed by atoms with Crippen molar-refractivity contribution >= 4 is 23.0 Å². The molecule has 0 bridgehead atoms. The van der Waals surface area contributed by atoms with Gasteiger partial charge < -0.3 is 19.4 Å². The van der Waals surface area contributed by atoms with Gasteiger partial charge in [-0.1, -0.05) is 6.92 Å². The van der Waals surface area contributed by atoms with Gasteiger partial charge in [0.2, 0.25) is 5.91 Å². The number of rotatable bonds is 4. The summed E-state index contributed by atoms with van der Waals surface area (Å²) in [7, 11) is 0. The molecule has 2 aliphatic heterocycles. The molecule has 8 nitrogen and oxygen atoms in total. The van der Waals surface area contributed by atoms with Crippen LogP contribution < -0.4 is 9.80 Å². The first-order valence-corrected chi connectivity index (χ1v) is 8.74. The minimum absolute atomic E-state index is 0.130. The Morgan fingerprint density at radius 2 is 1.80 bits per heavy atom. The molecule has 136 valence electrons.